The summed E-state index contributed by atoms with van der Waals surface area (Å²) in [6.07, 6.45) is 3.08. The zero-order chi connectivity index (χ0) is 17.4. The fraction of sp³-hybridized carbons (Fsp3) is 0.353. The highest BCUT2D eigenvalue weighted by Gasteiger charge is 2.24. The molecule has 0 aliphatic carbocycles. The van der Waals surface area contributed by atoms with Crippen LogP contribution in [0.5, 0.6) is 5.75 Å². The average Bonchev–Trinajstić information content (AvgIpc) is 3.26. The summed E-state index contributed by atoms with van der Waals surface area (Å²) in [5.41, 5.74) is 3.70. The molecule has 3 heterocycles. The van der Waals surface area contributed by atoms with Gasteiger partial charge in [-0.25, -0.2) is 15.0 Å². The number of imidazole rings is 1. The molecule has 8 heteroatoms. The van der Waals surface area contributed by atoms with Crippen LogP contribution in [-0.2, 0) is 13.1 Å². The molecule has 3 aromatic rings. The number of aliphatic hydroxyl groups excluding tert-OH is 2. The van der Waals surface area contributed by atoms with Gasteiger partial charge in [0.25, 0.3) is 0 Å². The minimum absolute atomic E-state index is 0.184. The molecule has 4 rings (SSSR count). The molecule has 0 atom stereocenters. The van der Waals surface area contributed by atoms with Gasteiger partial charge in [-0.1, -0.05) is 6.07 Å². The van der Waals surface area contributed by atoms with Crippen LogP contribution in [0.25, 0.3) is 11.2 Å². The van der Waals surface area contributed by atoms with Crippen LogP contribution < -0.4 is 9.64 Å². The maximum Gasteiger partial charge on any atom is 0.165 e. The summed E-state index contributed by atoms with van der Waals surface area (Å²) in [5.74, 6) is 1.58. The zero-order valence-corrected chi connectivity index (χ0v) is 13.8. The molecule has 8 nitrogen and oxygen atoms in total. The summed E-state index contributed by atoms with van der Waals surface area (Å²) in [7, 11) is 1.66. The second-order valence-corrected chi connectivity index (χ2v) is 6.03. The van der Waals surface area contributed by atoms with E-state index in [0.717, 1.165) is 24.7 Å². The van der Waals surface area contributed by atoms with E-state index in [1.165, 1.54) is 17.5 Å². The molecule has 0 fully saturated rings. The molecule has 2 aromatic heterocycles. The number of anilines is 1. The number of aromatic nitrogens is 4. The normalized spacial score (nSPS) is 13.7. The lowest BCUT2D eigenvalue weighted by Gasteiger charge is -2.17. The van der Waals surface area contributed by atoms with E-state index < -0.39 is 6.04 Å². The Morgan fingerprint density at radius 3 is 2.68 bits per heavy atom. The van der Waals surface area contributed by atoms with E-state index in [9.17, 15) is 10.2 Å². The summed E-state index contributed by atoms with van der Waals surface area (Å²) >= 11 is 0. The van der Waals surface area contributed by atoms with Gasteiger partial charge in [0, 0.05) is 13.1 Å². The molecule has 0 saturated heterocycles. The SMILES string of the molecule is COc1ccc2c(c1)CN(c1ncnc3c1ncn3C(CO)CO)C2. The van der Waals surface area contributed by atoms with Crippen LogP contribution in [0.15, 0.2) is 30.9 Å². The van der Waals surface area contributed by atoms with Crippen molar-refractivity contribution >= 4 is 17.0 Å². The number of ether oxygens (including phenoxy) is 1. The second kappa shape index (κ2) is 6.30. The van der Waals surface area contributed by atoms with Crippen molar-refractivity contribution in [1.29, 1.82) is 0 Å². The molecular formula is C17H19N5O3. The molecule has 2 N–H and O–H groups in total. The number of methoxy groups -OCH3 is 1. The molecule has 130 valence electrons. The first-order valence-electron chi connectivity index (χ1n) is 8.05. The molecule has 0 amide bonds. The first-order valence-corrected chi connectivity index (χ1v) is 8.05. The minimum Gasteiger partial charge on any atom is -0.497 e. The Morgan fingerprint density at radius 2 is 1.92 bits per heavy atom. The second-order valence-electron chi connectivity index (χ2n) is 6.03. The van der Waals surface area contributed by atoms with E-state index in [2.05, 4.69) is 25.9 Å². The quantitative estimate of drug-likeness (QED) is 0.711. The van der Waals surface area contributed by atoms with Gasteiger partial charge in [-0.3, -0.25) is 0 Å². The Hall–Kier alpha value is -2.71. The van der Waals surface area contributed by atoms with Gasteiger partial charge in [-0.2, -0.15) is 0 Å². The van der Waals surface area contributed by atoms with Gasteiger partial charge < -0.3 is 24.4 Å². The largest absolute Gasteiger partial charge is 0.497 e. The van der Waals surface area contributed by atoms with Gasteiger partial charge in [-0.15, -0.1) is 0 Å². The predicted octanol–water partition coefficient (Wildman–Crippen LogP) is 0.881. The number of nitrogens with zero attached hydrogens (tertiary/aromatic N) is 5. The molecule has 0 saturated carbocycles. The van der Waals surface area contributed by atoms with Crippen LogP contribution in [0.2, 0.25) is 0 Å². The maximum atomic E-state index is 9.43. The van der Waals surface area contributed by atoms with Gasteiger partial charge in [0.2, 0.25) is 0 Å². The number of benzene rings is 1. The van der Waals surface area contributed by atoms with Crippen molar-refractivity contribution in [3.05, 3.63) is 42.0 Å². The van der Waals surface area contributed by atoms with Crippen molar-refractivity contribution in [1.82, 2.24) is 19.5 Å². The molecule has 0 unspecified atom stereocenters. The van der Waals surface area contributed by atoms with E-state index in [0.29, 0.717) is 11.2 Å². The molecule has 1 aliphatic heterocycles. The Labute approximate surface area is 144 Å². The molecule has 1 aromatic carbocycles. The standard InChI is InChI=1S/C17H19N5O3/c1-25-14-3-2-11-5-21(6-12(11)4-14)16-15-17(19-9-18-16)22(10-20-15)13(7-23)8-24/h2-4,9-10,13,23-24H,5-8H2,1H3. The van der Waals surface area contributed by atoms with Crippen LogP contribution in [-0.4, -0.2) is 50.1 Å². The summed E-state index contributed by atoms with van der Waals surface area (Å²) in [6, 6.07) is 5.60. The Morgan fingerprint density at radius 1 is 1.12 bits per heavy atom. The van der Waals surface area contributed by atoms with Crippen molar-refractivity contribution < 1.29 is 14.9 Å². The molecule has 1 aliphatic rings. The van der Waals surface area contributed by atoms with Crippen LogP contribution >= 0.6 is 0 Å². The number of rotatable bonds is 5. The van der Waals surface area contributed by atoms with Crippen LogP contribution in [0.4, 0.5) is 5.82 Å². The lowest BCUT2D eigenvalue weighted by atomic mass is 10.1. The van der Waals surface area contributed by atoms with Crippen molar-refractivity contribution in [2.24, 2.45) is 0 Å². The van der Waals surface area contributed by atoms with Gasteiger partial charge >= 0.3 is 0 Å². The van der Waals surface area contributed by atoms with Crippen molar-refractivity contribution in [3.8, 4) is 5.75 Å². The highest BCUT2D eigenvalue weighted by atomic mass is 16.5. The molecular weight excluding hydrogens is 322 g/mol. The van der Waals surface area contributed by atoms with Gasteiger partial charge in [-0.05, 0) is 23.3 Å². The maximum absolute atomic E-state index is 9.43. The molecule has 0 radical (unpaired) electrons. The van der Waals surface area contributed by atoms with E-state index in [1.54, 1.807) is 18.0 Å². The van der Waals surface area contributed by atoms with Gasteiger partial charge in [0.1, 0.15) is 12.1 Å². The number of aliphatic hydroxyl groups is 2. The third kappa shape index (κ3) is 2.59. The topological polar surface area (TPSA) is 96.5 Å². The fourth-order valence-corrected chi connectivity index (χ4v) is 3.22. The first-order chi connectivity index (χ1) is 12.2. The Balaban J connectivity index is 1.71. The van der Waals surface area contributed by atoms with Gasteiger partial charge in [0.15, 0.2) is 17.0 Å². The zero-order valence-electron chi connectivity index (χ0n) is 13.8. The predicted molar refractivity (Wildman–Crippen MR) is 91.4 cm³/mol. The highest BCUT2D eigenvalue weighted by Crippen LogP contribution is 2.32. The minimum atomic E-state index is -0.465. The number of fused-ring (bicyclic) bond motifs is 2. The third-order valence-electron chi connectivity index (χ3n) is 4.59. The summed E-state index contributed by atoms with van der Waals surface area (Å²) in [5, 5.41) is 18.9. The van der Waals surface area contributed by atoms with Crippen molar-refractivity contribution in [2.75, 3.05) is 25.2 Å². The van der Waals surface area contributed by atoms with E-state index in [1.807, 2.05) is 12.1 Å². The number of hydrogen-bond acceptors (Lipinski definition) is 7. The summed E-state index contributed by atoms with van der Waals surface area (Å²) < 4.78 is 6.99. The summed E-state index contributed by atoms with van der Waals surface area (Å²) in [4.78, 5) is 15.3. The molecule has 0 bridgehead atoms. The van der Waals surface area contributed by atoms with Crippen LogP contribution in [0, 0.1) is 0 Å². The third-order valence-corrected chi connectivity index (χ3v) is 4.59. The fourth-order valence-electron chi connectivity index (χ4n) is 3.22. The van der Waals surface area contributed by atoms with E-state index in [4.69, 9.17) is 4.74 Å². The smallest absolute Gasteiger partial charge is 0.165 e. The lowest BCUT2D eigenvalue weighted by molar-refractivity contribution is 0.156. The highest BCUT2D eigenvalue weighted by molar-refractivity contribution is 5.83. The van der Waals surface area contributed by atoms with Gasteiger partial charge in [0.05, 0.1) is 32.7 Å². The monoisotopic (exact) mass is 341 g/mol. The van der Waals surface area contributed by atoms with Crippen LogP contribution in [0.3, 0.4) is 0 Å². The Kier molecular flexibility index (Phi) is 3.98. The molecule has 25 heavy (non-hydrogen) atoms. The Bertz CT molecular complexity index is 906. The van der Waals surface area contributed by atoms with Crippen molar-refractivity contribution in [3.63, 3.8) is 0 Å². The first kappa shape index (κ1) is 15.8. The summed E-state index contributed by atoms with van der Waals surface area (Å²) in [6.45, 7) is 1.09. The average molecular weight is 341 g/mol. The number of hydrogen-bond donors (Lipinski definition) is 2. The molecule has 0 spiro atoms. The van der Waals surface area contributed by atoms with Crippen molar-refractivity contribution in [2.45, 2.75) is 19.1 Å². The van der Waals surface area contributed by atoms with E-state index in [-0.39, 0.29) is 13.2 Å². The van der Waals surface area contributed by atoms with Crippen LogP contribution in [0.1, 0.15) is 17.2 Å². The van der Waals surface area contributed by atoms with E-state index >= 15 is 0 Å². The lowest BCUT2D eigenvalue weighted by Crippen LogP contribution is -2.18.